The molecule has 25 heavy (non-hydrogen) atoms. The molecule has 0 bridgehead atoms. The number of hydrogen-bond donors (Lipinski definition) is 2. The lowest BCUT2D eigenvalue weighted by Crippen LogP contribution is -3.13. The highest BCUT2D eigenvalue weighted by atomic mass is 32.1. The molecule has 132 valence electrons. The van der Waals surface area contributed by atoms with Crippen molar-refractivity contribution in [2.24, 2.45) is 0 Å². The van der Waals surface area contributed by atoms with Gasteiger partial charge in [-0.3, -0.25) is 0 Å². The molecule has 7 heteroatoms. The largest absolute Gasteiger partial charge is 0.332 e. The smallest absolute Gasteiger partial charge is 0.177 e. The van der Waals surface area contributed by atoms with Crippen LogP contribution in [-0.4, -0.2) is 29.8 Å². The number of quaternary nitrogens is 1. The zero-order valence-electron chi connectivity index (χ0n) is 13.6. The van der Waals surface area contributed by atoms with E-state index in [9.17, 15) is 13.2 Å². The van der Waals surface area contributed by atoms with Gasteiger partial charge in [0.1, 0.15) is 24.0 Å². The highest BCUT2D eigenvalue weighted by molar-refractivity contribution is 7.80. The second kappa shape index (κ2) is 7.84. The highest BCUT2D eigenvalue weighted by Crippen LogP contribution is 2.14. The first kappa shape index (κ1) is 17.7. The third kappa shape index (κ3) is 4.93. The van der Waals surface area contributed by atoms with Crippen LogP contribution in [-0.2, 0) is 6.54 Å². The van der Waals surface area contributed by atoms with E-state index in [1.54, 1.807) is 12.1 Å². The number of nitrogens with one attached hydrogen (secondary N) is 2. The van der Waals surface area contributed by atoms with Crippen LogP contribution in [0.4, 0.5) is 18.9 Å². The third-order valence-corrected chi connectivity index (χ3v) is 4.50. The summed E-state index contributed by atoms with van der Waals surface area (Å²) in [5.74, 6) is -1.54. The fourth-order valence-electron chi connectivity index (χ4n) is 2.99. The molecule has 1 saturated heterocycles. The fourth-order valence-corrected chi connectivity index (χ4v) is 3.26. The van der Waals surface area contributed by atoms with Crippen LogP contribution in [0.3, 0.4) is 0 Å². The van der Waals surface area contributed by atoms with Gasteiger partial charge < -0.3 is 15.1 Å². The van der Waals surface area contributed by atoms with Gasteiger partial charge in [-0.2, -0.15) is 0 Å². The summed E-state index contributed by atoms with van der Waals surface area (Å²) in [6.07, 6.45) is 0.954. The molecule has 0 saturated carbocycles. The predicted octanol–water partition coefficient (Wildman–Crippen LogP) is 2.55. The molecule has 1 heterocycles. The summed E-state index contributed by atoms with van der Waals surface area (Å²) in [5, 5.41) is 3.35. The number of rotatable bonds is 3. The summed E-state index contributed by atoms with van der Waals surface area (Å²) in [6, 6.07) is 9.73. The van der Waals surface area contributed by atoms with Crippen LogP contribution in [0.25, 0.3) is 0 Å². The molecule has 2 N–H and O–H groups in total. The van der Waals surface area contributed by atoms with Crippen molar-refractivity contribution in [1.29, 1.82) is 0 Å². The van der Waals surface area contributed by atoms with Crippen molar-refractivity contribution in [2.45, 2.75) is 13.0 Å². The van der Waals surface area contributed by atoms with E-state index in [-0.39, 0.29) is 5.82 Å². The fraction of sp³-hybridized carbons (Fsp3) is 0.278. The molecule has 0 spiro atoms. The van der Waals surface area contributed by atoms with Crippen molar-refractivity contribution >= 4 is 23.0 Å². The summed E-state index contributed by atoms with van der Waals surface area (Å²) in [6.45, 7) is 3.23. The molecule has 3 nitrogen and oxygen atoms in total. The van der Waals surface area contributed by atoms with E-state index in [4.69, 9.17) is 12.2 Å². The zero-order chi connectivity index (χ0) is 17.8. The predicted molar refractivity (Wildman–Crippen MR) is 94.7 cm³/mol. The van der Waals surface area contributed by atoms with Crippen molar-refractivity contribution in [3.05, 3.63) is 65.5 Å². The lowest BCUT2D eigenvalue weighted by molar-refractivity contribution is -0.927. The number of anilines is 1. The zero-order valence-corrected chi connectivity index (χ0v) is 14.4. The average Bonchev–Trinajstić information content (AvgIpc) is 2.56. The Kier molecular flexibility index (Phi) is 5.55. The monoisotopic (exact) mass is 366 g/mol. The van der Waals surface area contributed by atoms with Crippen LogP contribution in [0.1, 0.15) is 12.0 Å². The van der Waals surface area contributed by atoms with Gasteiger partial charge in [0, 0.05) is 30.3 Å². The van der Waals surface area contributed by atoms with Gasteiger partial charge in [-0.25, -0.2) is 13.2 Å². The Morgan fingerprint density at radius 2 is 1.72 bits per heavy atom. The van der Waals surface area contributed by atoms with E-state index in [1.807, 2.05) is 4.90 Å². The van der Waals surface area contributed by atoms with E-state index < -0.39 is 11.6 Å². The van der Waals surface area contributed by atoms with Crippen molar-refractivity contribution in [1.82, 2.24) is 4.90 Å². The summed E-state index contributed by atoms with van der Waals surface area (Å²) in [5.41, 5.74) is 1.36. The Balaban J connectivity index is 1.60. The Labute approximate surface area is 150 Å². The van der Waals surface area contributed by atoms with Crippen LogP contribution in [0.5, 0.6) is 0 Å². The van der Waals surface area contributed by atoms with Crippen molar-refractivity contribution in [3.63, 3.8) is 0 Å². The maximum absolute atomic E-state index is 13.3. The molecule has 2 aromatic rings. The molecule has 1 aliphatic rings. The van der Waals surface area contributed by atoms with E-state index in [0.717, 1.165) is 37.7 Å². The van der Waals surface area contributed by atoms with Crippen molar-refractivity contribution in [3.8, 4) is 0 Å². The maximum Gasteiger partial charge on any atom is 0.177 e. The molecular formula is C18H19F3N3S+. The average molecular weight is 366 g/mol. The topological polar surface area (TPSA) is 19.7 Å². The Morgan fingerprint density at radius 3 is 2.40 bits per heavy atom. The summed E-state index contributed by atoms with van der Waals surface area (Å²) < 4.78 is 39.6. The summed E-state index contributed by atoms with van der Waals surface area (Å²) in [7, 11) is 0. The van der Waals surface area contributed by atoms with Crippen LogP contribution in [0.15, 0.2) is 42.5 Å². The van der Waals surface area contributed by atoms with E-state index in [2.05, 4.69) is 5.32 Å². The third-order valence-electron chi connectivity index (χ3n) is 4.14. The molecular weight excluding hydrogens is 347 g/mol. The summed E-state index contributed by atoms with van der Waals surface area (Å²) >= 11 is 5.38. The number of benzene rings is 2. The SMILES string of the molecule is Fc1ccc(C[NH+]2CCCN(C(=S)Nc3cc(F)cc(F)c3)C2)cc1. The van der Waals surface area contributed by atoms with Crippen LogP contribution in [0, 0.1) is 17.5 Å². The first-order valence-corrected chi connectivity index (χ1v) is 8.50. The van der Waals surface area contributed by atoms with Crippen LogP contribution in [0.2, 0.25) is 0 Å². The standard InChI is InChI=1S/C18H18F3N3S/c19-14-4-2-13(3-5-14)11-23-6-1-7-24(12-23)18(25)22-17-9-15(20)8-16(21)10-17/h2-5,8-10H,1,6-7,11-12H2,(H,22,25)/p+1. The number of thiocarbonyl (C=S) groups is 1. The van der Waals surface area contributed by atoms with Gasteiger partial charge in [0.2, 0.25) is 0 Å². The van der Waals surface area contributed by atoms with E-state index in [0.29, 0.717) is 17.5 Å². The molecule has 2 aromatic carbocycles. The van der Waals surface area contributed by atoms with Crippen molar-refractivity contribution < 1.29 is 18.1 Å². The van der Waals surface area contributed by atoms with Gasteiger partial charge in [0.25, 0.3) is 0 Å². The second-order valence-corrected chi connectivity index (χ2v) is 6.55. The minimum atomic E-state index is -0.646. The molecule has 1 unspecified atom stereocenters. The van der Waals surface area contributed by atoms with Crippen LogP contribution >= 0.6 is 12.2 Å². The minimum Gasteiger partial charge on any atom is -0.332 e. The van der Waals surface area contributed by atoms with E-state index >= 15 is 0 Å². The van der Waals surface area contributed by atoms with Gasteiger partial charge in [-0.1, -0.05) is 12.1 Å². The second-order valence-electron chi connectivity index (χ2n) is 6.17. The Hall–Kier alpha value is -2.12. The van der Waals surface area contributed by atoms with Gasteiger partial charge in [0.05, 0.1) is 6.54 Å². The lowest BCUT2D eigenvalue weighted by Gasteiger charge is -2.34. The molecule has 0 aliphatic carbocycles. The molecule has 1 fully saturated rings. The summed E-state index contributed by atoms with van der Waals surface area (Å²) in [4.78, 5) is 3.29. The maximum atomic E-state index is 13.3. The number of halogens is 3. The van der Waals surface area contributed by atoms with Gasteiger partial charge >= 0.3 is 0 Å². The van der Waals surface area contributed by atoms with Crippen LogP contribution < -0.4 is 10.2 Å². The van der Waals surface area contributed by atoms with Gasteiger partial charge in [0.15, 0.2) is 11.8 Å². The minimum absolute atomic E-state index is 0.244. The molecule has 3 rings (SSSR count). The van der Waals surface area contributed by atoms with E-state index in [1.165, 1.54) is 29.2 Å². The molecule has 0 aromatic heterocycles. The first-order chi connectivity index (χ1) is 12.0. The normalized spacial score (nSPS) is 17.4. The Morgan fingerprint density at radius 1 is 1.04 bits per heavy atom. The van der Waals surface area contributed by atoms with Crippen molar-refractivity contribution in [2.75, 3.05) is 25.1 Å². The lowest BCUT2D eigenvalue weighted by atomic mass is 10.2. The number of nitrogens with zero attached hydrogens (tertiary/aromatic N) is 1. The quantitative estimate of drug-likeness (QED) is 0.815. The molecule has 1 atom stereocenters. The number of hydrogen-bond acceptors (Lipinski definition) is 1. The van der Waals surface area contributed by atoms with Gasteiger partial charge in [-0.15, -0.1) is 0 Å². The first-order valence-electron chi connectivity index (χ1n) is 8.09. The van der Waals surface area contributed by atoms with Gasteiger partial charge in [-0.05, 0) is 36.5 Å². The molecule has 0 radical (unpaired) electrons. The molecule has 0 amide bonds. The highest BCUT2D eigenvalue weighted by Gasteiger charge is 2.23. The molecule has 1 aliphatic heterocycles. The Bertz CT molecular complexity index is 731.